The Morgan fingerprint density at radius 2 is 2.06 bits per heavy atom. The summed E-state index contributed by atoms with van der Waals surface area (Å²) in [5, 5.41) is 2.98. The lowest BCUT2D eigenvalue weighted by Gasteiger charge is -2.06. The van der Waals surface area contributed by atoms with Gasteiger partial charge in [0.2, 0.25) is 0 Å². The van der Waals surface area contributed by atoms with Crippen LogP contribution in [0.25, 0.3) is 0 Å². The summed E-state index contributed by atoms with van der Waals surface area (Å²) in [6.45, 7) is 0. The van der Waals surface area contributed by atoms with Gasteiger partial charge >= 0.3 is 0 Å². The number of alkyl halides is 1. The average molecular weight is 250 g/mol. The first-order valence-electron chi connectivity index (χ1n) is 5.14. The zero-order valence-electron chi connectivity index (χ0n) is 9.35. The SMILES string of the molecule is Cn1ccnc(Nc2ccc(CCl)cc2)c1=O. The summed E-state index contributed by atoms with van der Waals surface area (Å²) in [5.74, 6) is 0.791. The van der Waals surface area contributed by atoms with E-state index >= 15 is 0 Å². The van der Waals surface area contributed by atoms with E-state index in [1.54, 1.807) is 19.4 Å². The molecule has 2 rings (SSSR count). The fourth-order valence-electron chi connectivity index (χ4n) is 1.40. The summed E-state index contributed by atoms with van der Waals surface area (Å²) in [7, 11) is 1.69. The molecule has 88 valence electrons. The summed E-state index contributed by atoms with van der Waals surface area (Å²) in [5.41, 5.74) is 1.69. The molecule has 0 fully saturated rings. The van der Waals surface area contributed by atoms with Crippen molar-refractivity contribution in [3.63, 3.8) is 0 Å². The Kier molecular flexibility index (Phi) is 3.44. The normalized spacial score (nSPS) is 10.2. The van der Waals surface area contributed by atoms with E-state index in [0.29, 0.717) is 11.7 Å². The highest BCUT2D eigenvalue weighted by Crippen LogP contribution is 2.13. The summed E-state index contributed by atoms with van der Waals surface area (Å²) in [6.07, 6.45) is 3.20. The molecule has 0 aliphatic rings. The van der Waals surface area contributed by atoms with Crippen LogP contribution in [0.15, 0.2) is 41.5 Å². The van der Waals surface area contributed by atoms with Crippen LogP contribution in [0, 0.1) is 0 Å². The quantitative estimate of drug-likeness (QED) is 0.849. The number of anilines is 2. The molecule has 0 atom stereocenters. The standard InChI is InChI=1S/C12H12ClN3O/c1-16-7-6-14-11(12(16)17)15-10-4-2-9(8-13)3-5-10/h2-7H,8H2,1H3,(H,14,15). The van der Waals surface area contributed by atoms with Crippen molar-refractivity contribution in [2.45, 2.75) is 5.88 Å². The van der Waals surface area contributed by atoms with E-state index in [0.717, 1.165) is 11.3 Å². The smallest absolute Gasteiger partial charge is 0.293 e. The summed E-state index contributed by atoms with van der Waals surface area (Å²) >= 11 is 5.70. The largest absolute Gasteiger partial charge is 0.336 e. The van der Waals surface area contributed by atoms with Crippen LogP contribution in [-0.4, -0.2) is 9.55 Å². The van der Waals surface area contributed by atoms with E-state index in [9.17, 15) is 4.79 Å². The van der Waals surface area contributed by atoms with Gasteiger partial charge in [-0.2, -0.15) is 0 Å². The molecule has 5 heteroatoms. The maximum absolute atomic E-state index is 11.7. The molecule has 0 unspecified atom stereocenters. The third-order valence-electron chi connectivity index (χ3n) is 2.39. The Hall–Kier alpha value is -1.81. The van der Waals surface area contributed by atoms with Gasteiger partial charge < -0.3 is 9.88 Å². The van der Waals surface area contributed by atoms with Gasteiger partial charge in [0.1, 0.15) is 0 Å². The highest BCUT2D eigenvalue weighted by Gasteiger charge is 2.02. The van der Waals surface area contributed by atoms with Crippen LogP contribution in [0.3, 0.4) is 0 Å². The van der Waals surface area contributed by atoms with Crippen molar-refractivity contribution < 1.29 is 0 Å². The maximum atomic E-state index is 11.7. The van der Waals surface area contributed by atoms with E-state index in [-0.39, 0.29) is 5.56 Å². The molecular weight excluding hydrogens is 238 g/mol. The van der Waals surface area contributed by atoms with Crippen molar-refractivity contribution in [3.05, 3.63) is 52.6 Å². The number of aryl methyl sites for hydroxylation is 1. The minimum absolute atomic E-state index is 0.158. The minimum atomic E-state index is -0.158. The van der Waals surface area contributed by atoms with E-state index in [2.05, 4.69) is 10.3 Å². The lowest BCUT2D eigenvalue weighted by atomic mass is 10.2. The molecule has 1 aromatic carbocycles. The Balaban J connectivity index is 2.25. The third kappa shape index (κ3) is 2.65. The number of rotatable bonds is 3. The monoisotopic (exact) mass is 249 g/mol. The van der Waals surface area contributed by atoms with Crippen molar-refractivity contribution in [2.75, 3.05) is 5.32 Å². The van der Waals surface area contributed by atoms with Gasteiger partial charge in [0.05, 0.1) is 0 Å². The molecule has 0 saturated heterocycles. The first-order valence-corrected chi connectivity index (χ1v) is 5.67. The molecule has 2 aromatic rings. The van der Waals surface area contributed by atoms with Crippen molar-refractivity contribution in [3.8, 4) is 0 Å². The van der Waals surface area contributed by atoms with Crippen LogP contribution >= 0.6 is 11.6 Å². The second kappa shape index (κ2) is 5.01. The highest BCUT2D eigenvalue weighted by molar-refractivity contribution is 6.17. The lowest BCUT2D eigenvalue weighted by Crippen LogP contribution is -2.20. The Bertz CT molecular complexity index is 563. The van der Waals surface area contributed by atoms with E-state index in [4.69, 9.17) is 11.6 Å². The number of hydrogen-bond donors (Lipinski definition) is 1. The molecule has 0 aliphatic carbocycles. The molecule has 4 nitrogen and oxygen atoms in total. The van der Waals surface area contributed by atoms with Crippen molar-refractivity contribution in [1.29, 1.82) is 0 Å². The fourth-order valence-corrected chi connectivity index (χ4v) is 1.58. The second-order valence-electron chi connectivity index (χ2n) is 3.65. The molecule has 0 saturated carbocycles. The molecule has 0 bridgehead atoms. The maximum Gasteiger partial charge on any atom is 0.293 e. The Morgan fingerprint density at radius 3 is 2.71 bits per heavy atom. The van der Waals surface area contributed by atoms with E-state index in [1.807, 2.05) is 24.3 Å². The number of nitrogens with zero attached hydrogens (tertiary/aromatic N) is 2. The van der Waals surface area contributed by atoms with Crippen molar-refractivity contribution in [2.24, 2.45) is 7.05 Å². The first kappa shape index (κ1) is 11.7. The predicted molar refractivity (Wildman–Crippen MR) is 68.8 cm³/mol. The van der Waals surface area contributed by atoms with Gasteiger partial charge in [-0.05, 0) is 17.7 Å². The lowest BCUT2D eigenvalue weighted by molar-refractivity contribution is 0.845. The molecule has 1 aromatic heterocycles. The summed E-state index contributed by atoms with van der Waals surface area (Å²) < 4.78 is 1.47. The molecule has 17 heavy (non-hydrogen) atoms. The van der Waals surface area contributed by atoms with Crippen LogP contribution in [-0.2, 0) is 12.9 Å². The second-order valence-corrected chi connectivity index (χ2v) is 3.91. The molecule has 1 N–H and O–H groups in total. The molecular formula is C12H12ClN3O. The van der Waals surface area contributed by atoms with Gasteiger partial charge in [-0.15, -0.1) is 11.6 Å². The van der Waals surface area contributed by atoms with Gasteiger partial charge in [-0.1, -0.05) is 12.1 Å². The molecule has 0 amide bonds. The summed E-state index contributed by atoms with van der Waals surface area (Å²) in [4.78, 5) is 15.7. The third-order valence-corrected chi connectivity index (χ3v) is 2.70. The Morgan fingerprint density at radius 1 is 1.35 bits per heavy atom. The topological polar surface area (TPSA) is 46.9 Å². The molecule has 0 aliphatic heterocycles. The number of benzene rings is 1. The van der Waals surface area contributed by atoms with Gasteiger partial charge in [0, 0.05) is 31.0 Å². The van der Waals surface area contributed by atoms with Crippen LogP contribution in [0.2, 0.25) is 0 Å². The van der Waals surface area contributed by atoms with Crippen LogP contribution < -0.4 is 10.9 Å². The van der Waals surface area contributed by atoms with Crippen LogP contribution in [0.1, 0.15) is 5.56 Å². The number of nitrogens with one attached hydrogen (secondary N) is 1. The van der Waals surface area contributed by atoms with Crippen LogP contribution in [0.5, 0.6) is 0 Å². The van der Waals surface area contributed by atoms with Crippen LogP contribution in [0.4, 0.5) is 11.5 Å². The van der Waals surface area contributed by atoms with E-state index in [1.165, 1.54) is 4.57 Å². The average Bonchev–Trinajstić information content (AvgIpc) is 2.36. The molecule has 0 radical (unpaired) electrons. The first-order chi connectivity index (χ1) is 8.20. The van der Waals surface area contributed by atoms with Crippen molar-refractivity contribution >= 4 is 23.1 Å². The van der Waals surface area contributed by atoms with Gasteiger partial charge in [-0.25, -0.2) is 4.98 Å². The molecule has 1 heterocycles. The Labute approximate surface area is 104 Å². The summed E-state index contributed by atoms with van der Waals surface area (Å²) in [6, 6.07) is 7.54. The number of aromatic nitrogens is 2. The highest BCUT2D eigenvalue weighted by atomic mass is 35.5. The van der Waals surface area contributed by atoms with Gasteiger partial charge in [0.15, 0.2) is 5.82 Å². The number of hydrogen-bond acceptors (Lipinski definition) is 3. The fraction of sp³-hybridized carbons (Fsp3) is 0.167. The minimum Gasteiger partial charge on any atom is -0.336 e. The zero-order valence-corrected chi connectivity index (χ0v) is 10.1. The van der Waals surface area contributed by atoms with Crippen molar-refractivity contribution in [1.82, 2.24) is 9.55 Å². The number of halogens is 1. The predicted octanol–water partition coefficient (Wildman–Crippen LogP) is 2.26. The molecule has 0 spiro atoms. The van der Waals surface area contributed by atoms with Gasteiger partial charge in [-0.3, -0.25) is 4.79 Å². The van der Waals surface area contributed by atoms with E-state index < -0.39 is 0 Å². The van der Waals surface area contributed by atoms with Gasteiger partial charge in [0.25, 0.3) is 5.56 Å². The zero-order chi connectivity index (χ0) is 12.3.